The summed E-state index contributed by atoms with van der Waals surface area (Å²) < 4.78 is 18.9. The Balaban J connectivity index is 1.50. The molecule has 4 rings (SSSR count). The highest BCUT2D eigenvalue weighted by molar-refractivity contribution is 8.00. The number of hydrogen-bond acceptors (Lipinski definition) is 8. The number of aryl methyl sites for hydroxylation is 1. The predicted octanol–water partition coefficient (Wildman–Crippen LogP) is 3.32. The molecule has 2 aromatic heterocycles. The molecule has 1 aliphatic heterocycles. The van der Waals surface area contributed by atoms with Crippen molar-refractivity contribution in [2.45, 2.75) is 23.6 Å². The molecule has 0 saturated carbocycles. The summed E-state index contributed by atoms with van der Waals surface area (Å²) in [6.07, 6.45) is 1.56. The molecule has 1 aliphatic rings. The van der Waals surface area contributed by atoms with Crippen molar-refractivity contribution in [2.75, 3.05) is 25.6 Å². The second-order valence-corrected chi connectivity index (χ2v) is 8.86. The van der Waals surface area contributed by atoms with Crippen molar-refractivity contribution in [3.05, 3.63) is 57.5 Å². The minimum absolute atomic E-state index is 0.0257. The number of nitrogens with one attached hydrogen (secondary N) is 1. The Kier molecular flexibility index (Phi) is 6.47. The molecule has 3 heterocycles. The molecule has 3 aromatic rings. The first-order valence-electron chi connectivity index (χ1n) is 9.53. The number of anilines is 1. The highest BCUT2D eigenvalue weighted by Crippen LogP contribution is 2.32. The number of thioether (sulfide) groups is 1. The quantitative estimate of drug-likeness (QED) is 0.542. The number of methoxy groups -OCH3 is 1. The number of ether oxygens (including phenoxy) is 3. The highest BCUT2D eigenvalue weighted by atomic mass is 32.2. The normalized spacial score (nSPS) is 12.5. The molecule has 0 fully saturated rings. The lowest BCUT2D eigenvalue weighted by Crippen LogP contribution is -2.23. The number of thiazole rings is 1. The van der Waals surface area contributed by atoms with Gasteiger partial charge in [0.05, 0.1) is 13.3 Å². The van der Waals surface area contributed by atoms with Crippen LogP contribution in [0.4, 0.5) is 5.69 Å². The smallest absolute Gasteiger partial charge is 0.244 e. The summed E-state index contributed by atoms with van der Waals surface area (Å²) >= 11 is 3.07. The highest BCUT2D eigenvalue weighted by Gasteiger charge is 2.15. The van der Waals surface area contributed by atoms with E-state index in [2.05, 4.69) is 10.3 Å². The molecule has 1 amide bonds. The third kappa shape index (κ3) is 5.20. The van der Waals surface area contributed by atoms with Gasteiger partial charge in [-0.3, -0.25) is 9.59 Å². The third-order valence-corrected chi connectivity index (χ3v) is 6.66. The van der Waals surface area contributed by atoms with Crippen LogP contribution in [0.2, 0.25) is 0 Å². The number of fused-ring (bicyclic) bond motifs is 1. The van der Waals surface area contributed by atoms with E-state index >= 15 is 0 Å². The molecule has 0 saturated heterocycles. The average Bonchev–Trinajstić information content (AvgIpc) is 3.18. The Morgan fingerprint density at radius 3 is 2.84 bits per heavy atom. The van der Waals surface area contributed by atoms with Gasteiger partial charge in [-0.05, 0) is 19.1 Å². The first-order chi connectivity index (χ1) is 15.0. The molecule has 1 N–H and O–H groups in total. The number of amides is 1. The van der Waals surface area contributed by atoms with Crippen molar-refractivity contribution in [1.82, 2.24) is 9.55 Å². The standard InChI is InChI=1S/C21H21N3O5S2/c1-13-11-30-21(22-13)31-12-15-8-16(25)19(27-2)9-24(15)10-20(26)23-14-3-4-17-18(7-14)29-6-5-28-17/h3-4,7-9,11H,5-6,10,12H2,1-2H3,(H,23,26). The topological polar surface area (TPSA) is 91.7 Å². The fourth-order valence-electron chi connectivity index (χ4n) is 3.03. The molecular weight excluding hydrogens is 438 g/mol. The lowest BCUT2D eigenvalue weighted by atomic mass is 10.2. The number of nitrogens with zero attached hydrogens (tertiary/aromatic N) is 2. The van der Waals surface area contributed by atoms with Crippen LogP contribution in [-0.4, -0.2) is 35.8 Å². The maximum atomic E-state index is 12.7. The lowest BCUT2D eigenvalue weighted by molar-refractivity contribution is -0.116. The number of pyridine rings is 1. The molecule has 0 bridgehead atoms. The number of rotatable bonds is 7. The first-order valence-corrected chi connectivity index (χ1v) is 11.4. The van der Waals surface area contributed by atoms with E-state index in [1.807, 2.05) is 12.3 Å². The summed E-state index contributed by atoms with van der Waals surface area (Å²) in [7, 11) is 1.43. The van der Waals surface area contributed by atoms with Gasteiger partial charge in [-0.15, -0.1) is 11.3 Å². The summed E-state index contributed by atoms with van der Waals surface area (Å²) in [5.41, 5.74) is 2.05. The van der Waals surface area contributed by atoms with Crippen molar-refractivity contribution >= 4 is 34.7 Å². The van der Waals surface area contributed by atoms with Crippen molar-refractivity contribution in [3.8, 4) is 17.2 Å². The Morgan fingerprint density at radius 1 is 1.29 bits per heavy atom. The largest absolute Gasteiger partial charge is 0.491 e. The Morgan fingerprint density at radius 2 is 2.10 bits per heavy atom. The zero-order valence-electron chi connectivity index (χ0n) is 17.0. The fourth-order valence-corrected chi connectivity index (χ4v) is 4.87. The minimum Gasteiger partial charge on any atom is -0.491 e. The number of aromatic nitrogens is 2. The van der Waals surface area contributed by atoms with E-state index in [1.165, 1.54) is 24.9 Å². The Bertz CT molecular complexity index is 1160. The molecule has 0 spiro atoms. The minimum atomic E-state index is -0.237. The van der Waals surface area contributed by atoms with Crippen molar-refractivity contribution in [3.63, 3.8) is 0 Å². The SMILES string of the molecule is COc1cn(CC(=O)Nc2ccc3c(c2)OCCO3)c(CSc2nc(C)cs2)cc1=O. The molecule has 0 unspecified atom stereocenters. The molecular formula is C21H21N3O5S2. The number of carbonyl (C=O) groups is 1. The Labute approximate surface area is 187 Å². The van der Waals surface area contributed by atoms with Crippen LogP contribution in [0.1, 0.15) is 11.4 Å². The van der Waals surface area contributed by atoms with E-state index in [0.29, 0.717) is 41.8 Å². The van der Waals surface area contributed by atoms with Crippen molar-refractivity contribution in [2.24, 2.45) is 0 Å². The van der Waals surface area contributed by atoms with Crippen LogP contribution < -0.4 is 25.0 Å². The second kappa shape index (κ2) is 9.44. The maximum Gasteiger partial charge on any atom is 0.244 e. The van der Waals surface area contributed by atoms with Crippen molar-refractivity contribution in [1.29, 1.82) is 0 Å². The third-order valence-electron chi connectivity index (χ3n) is 4.48. The molecule has 31 heavy (non-hydrogen) atoms. The summed E-state index contributed by atoms with van der Waals surface area (Å²) in [5, 5.41) is 4.84. The monoisotopic (exact) mass is 459 g/mol. The average molecular weight is 460 g/mol. The van der Waals surface area contributed by atoms with Gasteiger partial charge in [0.1, 0.15) is 24.1 Å². The molecule has 0 radical (unpaired) electrons. The fraction of sp³-hybridized carbons (Fsp3) is 0.286. The second-order valence-electron chi connectivity index (χ2n) is 6.78. The first kappa shape index (κ1) is 21.3. The van der Waals surface area contributed by atoms with Crippen molar-refractivity contribution < 1.29 is 19.0 Å². The van der Waals surface area contributed by atoms with E-state index in [4.69, 9.17) is 14.2 Å². The van der Waals surface area contributed by atoms with Gasteiger partial charge in [0.2, 0.25) is 11.3 Å². The summed E-state index contributed by atoms with van der Waals surface area (Å²) in [5.74, 6) is 1.71. The van der Waals surface area contributed by atoms with E-state index in [1.54, 1.807) is 40.3 Å². The lowest BCUT2D eigenvalue weighted by Gasteiger charge is -2.19. The van der Waals surface area contributed by atoms with Gasteiger partial charge in [0, 0.05) is 40.3 Å². The molecule has 8 nitrogen and oxygen atoms in total. The molecule has 0 atom stereocenters. The van der Waals surface area contributed by atoms with Gasteiger partial charge in [-0.1, -0.05) is 11.8 Å². The number of hydrogen-bond donors (Lipinski definition) is 1. The summed E-state index contributed by atoms with van der Waals surface area (Å²) in [6, 6.07) is 6.77. The van der Waals surface area contributed by atoms with Gasteiger partial charge >= 0.3 is 0 Å². The van der Waals surface area contributed by atoms with Crippen LogP contribution in [0.5, 0.6) is 17.2 Å². The summed E-state index contributed by atoms with van der Waals surface area (Å²) in [6.45, 7) is 2.94. The molecule has 162 valence electrons. The Hall–Kier alpha value is -2.98. The van der Waals surface area contributed by atoms with Crippen LogP contribution in [0, 0.1) is 6.92 Å². The van der Waals surface area contributed by atoms with E-state index in [9.17, 15) is 9.59 Å². The van der Waals surface area contributed by atoms with Crippen LogP contribution in [0.15, 0.2) is 45.0 Å². The van der Waals surface area contributed by atoms with Crippen LogP contribution >= 0.6 is 23.1 Å². The van der Waals surface area contributed by atoms with Gasteiger partial charge in [0.15, 0.2) is 17.2 Å². The van der Waals surface area contributed by atoms with Gasteiger partial charge < -0.3 is 24.1 Å². The maximum absolute atomic E-state index is 12.7. The molecule has 1 aromatic carbocycles. The zero-order valence-corrected chi connectivity index (χ0v) is 18.7. The number of benzene rings is 1. The van der Waals surface area contributed by atoms with Gasteiger partial charge in [0.25, 0.3) is 0 Å². The number of carbonyl (C=O) groups excluding carboxylic acids is 1. The van der Waals surface area contributed by atoms with E-state index < -0.39 is 0 Å². The zero-order chi connectivity index (χ0) is 21.8. The predicted molar refractivity (Wildman–Crippen MR) is 120 cm³/mol. The van der Waals surface area contributed by atoms with Gasteiger partial charge in [-0.2, -0.15) is 0 Å². The van der Waals surface area contributed by atoms with E-state index in [-0.39, 0.29) is 23.6 Å². The van der Waals surface area contributed by atoms with Crippen LogP contribution in [-0.2, 0) is 17.1 Å². The molecule has 10 heteroatoms. The van der Waals surface area contributed by atoms with Crippen LogP contribution in [0.25, 0.3) is 0 Å². The van der Waals surface area contributed by atoms with E-state index in [0.717, 1.165) is 10.0 Å². The molecule has 0 aliphatic carbocycles. The van der Waals surface area contributed by atoms with Crippen LogP contribution in [0.3, 0.4) is 0 Å². The summed E-state index contributed by atoms with van der Waals surface area (Å²) in [4.78, 5) is 29.4. The van der Waals surface area contributed by atoms with Gasteiger partial charge in [-0.25, -0.2) is 4.98 Å².